The zero-order chi connectivity index (χ0) is 15.4. The second-order valence-electron chi connectivity index (χ2n) is 6.83. The SMILES string of the molecule is CN(C(=O)N1CCC(Cc2cccnc2)CC1)C1CCCC1. The molecular weight excluding hydrogens is 274 g/mol. The molecule has 0 aromatic carbocycles. The minimum Gasteiger partial charge on any atom is -0.325 e. The summed E-state index contributed by atoms with van der Waals surface area (Å²) >= 11 is 0. The van der Waals surface area contributed by atoms with Crippen LogP contribution in [0, 0.1) is 5.92 Å². The fourth-order valence-electron chi connectivity index (χ4n) is 3.85. The number of likely N-dealkylation sites (tertiary alicyclic amines) is 1. The van der Waals surface area contributed by atoms with Crippen LogP contribution in [0.25, 0.3) is 0 Å². The van der Waals surface area contributed by atoms with E-state index in [1.54, 1.807) is 0 Å². The van der Waals surface area contributed by atoms with Gasteiger partial charge in [-0.25, -0.2) is 4.79 Å². The van der Waals surface area contributed by atoms with Gasteiger partial charge in [-0.1, -0.05) is 18.9 Å². The molecule has 1 aromatic heterocycles. The minimum absolute atomic E-state index is 0.242. The lowest BCUT2D eigenvalue weighted by Crippen LogP contribution is -2.48. The van der Waals surface area contributed by atoms with Gasteiger partial charge in [0.25, 0.3) is 0 Å². The van der Waals surface area contributed by atoms with E-state index in [9.17, 15) is 4.79 Å². The quantitative estimate of drug-likeness (QED) is 0.858. The Kier molecular flexibility index (Phi) is 4.96. The number of urea groups is 1. The summed E-state index contributed by atoms with van der Waals surface area (Å²) in [5.41, 5.74) is 1.32. The lowest BCUT2D eigenvalue weighted by atomic mass is 9.91. The Hall–Kier alpha value is -1.58. The molecule has 1 aromatic rings. The number of carbonyl (C=O) groups is 1. The Morgan fingerprint density at radius 3 is 2.64 bits per heavy atom. The van der Waals surface area contributed by atoms with Gasteiger partial charge in [-0.2, -0.15) is 0 Å². The summed E-state index contributed by atoms with van der Waals surface area (Å²) < 4.78 is 0. The Morgan fingerprint density at radius 1 is 1.27 bits per heavy atom. The number of nitrogens with zero attached hydrogens (tertiary/aromatic N) is 3. The Morgan fingerprint density at radius 2 is 2.00 bits per heavy atom. The van der Waals surface area contributed by atoms with Gasteiger partial charge in [-0.3, -0.25) is 4.98 Å². The molecule has 0 unspecified atom stereocenters. The molecule has 0 N–H and O–H groups in total. The van der Waals surface area contributed by atoms with Gasteiger partial charge in [-0.05, 0) is 49.7 Å². The topological polar surface area (TPSA) is 36.4 Å². The van der Waals surface area contributed by atoms with Crippen LogP contribution in [0.1, 0.15) is 44.1 Å². The van der Waals surface area contributed by atoms with E-state index in [-0.39, 0.29) is 6.03 Å². The maximum absolute atomic E-state index is 12.6. The molecule has 4 heteroatoms. The molecule has 0 spiro atoms. The molecule has 1 aliphatic carbocycles. The summed E-state index contributed by atoms with van der Waals surface area (Å²) in [6, 6.07) is 4.87. The van der Waals surface area contributed by atoms with Crippen molar-refractivity contribution in [2.75, 3.05) is 20.1 Å². The summed E-state index contributed by atoms with van der Waals surface area (Å²) in [6.07, 6.45) is 12.0. The summed E-state index contributed by atoms with van der Waals surface area (Å²) in [6.45, 7) is 1.81. The van der Waals surface area contributed by atoms with Crippen LogP contribution < -0.4 is 0 Å². The highest BCUT2D eigenvalue weighted by Crippen LogP contribution is 2.26. The molecule has 3 rings (SSSR count). The van der Waals surface area contributed by atoms with Crippen LogP contribution in [0.5, 0.6) is 0 Å². The third kappa shape index (κ3) is 3.60. The van der Waals surface area contributed by atoms with Gasteiger partial charge in [-0.15, -0.1) is 0 Å². The van der Waals surface area contributed by atoms with E-state index in [2.05, 4.69) is 16.0 Å². The van der Waals surface area contributed by atoms with Gasteiger partial charge in [0.05, 0.1) is 0 Å². The molecule has 2 aliphatic rings. The molecule has 22 heavy (non-hydrogen) atoms. The van der Waals surface area contributed by atoms with Crippen LogP contribution in [0.4, 0.5) is 4.79 Å². The zero-order valence-electron chi connectivity index (χ0n) is 13.6. The standard InChI is InChI=1S/C18H27N3O/c1-20(17-6-2-3-7-17)18(22)21-11-8-15(9-12-21)13-16-5-4-10-19-14-16/h4-5,10,14-15,17H,2-3,6-9,11-13H2,1H3. The van der Waals surface area contributed by atoms with Crippen LogP contribution in [0.2, 0.25) is 0 Å². The van der Waals surface area contributed by atoms with Crippen LogP contribution in [-0.4, -0.2) is 47.0 Å². The lowest BCUT2D eigenvalue weighted by molar-refractivity contribution is 0.127. The highest BCUT2D eigenvalue weighted by atomic mass is 16.2. The molecular formula is C18H27N3O. The summed E-state index contributed by atoms with van der Waals surface area (Å²) in [5, 5.41) is 0. The third-order valence-electron chi connectivity index (χ3n) is 5.31. The zero-order valence-corrected chi connectivity index (χ0v) is 13.6. The number of hydrogen-bond acceptors (Lipinski definition) is 2. The maximum Gasteiger partial charge on any atom is 0.319 e. The smallest absolute Gasteiger partial charge is 0.319 e. The molecule has 2 fully saturated rings. The number of rotatable bonds is 3. The van der Waals surface area contributed by atoms with Crippen molar-refractivity contribution in [3.05, 3.63) is 30.1 Å². The number of carbonyl (C=O) groups excluding carboxylic acids is 1. The summed E-state index contributed by atoms with van der Waals surface area (Å²) in [5.74, 6) is 0.685. The Labute approximate surface area is 133 Å². The van der Waals surface area contributed by atoms with E-state index in [1.165, 1.54) is 31.2 Å². The Balaban J connectivity index is 1.47. The Bertz CT molecular complexity index is 476. The first-order valence-electron chi connectivity index (χ1n) is 8.64. The molecule has 4 nitrogen and oxygen atoms in total. The highest BCUT2D eigenvalue weighted by molar-refractivity contribution is 5.74. The number of pyridine rings is 1. The molecule has 0 radical (unpaired) electrons. The van der Waals surface area contributed by atoms with E-state index in [1.807, 2.05) is 30.4 Å². The van der Waals surface area contributed by atoms with Gasteiger partial charge in [0.1, 0.15) is 0 Å². The average molecular weight is 301 g/mol. The molecule has 1 saturated heterocycles. The van der Waals surface area contributed by atoms with Gasteiger partial charge in [0.2, 0.25) is 0 Å². The van der Waals surface area contributed by atoms with Crippen LogP contribution >= 0.6 is 0 Å². The van der Waals surface area contributed by atoms with E-state index in [4.69, 9.17) is 0 Å². The molecule has 0 atom stereocenters. The second kappa shape index (κ2) is 7.12. The predicted octanol–water partition coefficient (Wildman–Crippen LogP) is 3.33. The number of amides is 2. The highest BCUT2D eigenvalue weighted by Gasteiger charge is 2.29. The van der Waals surface area contributed by atoms with E-state index >= 15 is 0 Å². The van der Waals surface area contributed by atoms with Gasteiger partial charge in [0, 0.05) is 38.6 Å². The fraction of sp³-hybridized carbons (Fsp3) is 0.667. The van der Waals surface area contributed by atoms with Crippen LogP contribution in [-0.2, 0) is 6.42 Å². The number of aromatic nitrogens is 1. The van der Waals surface area contributed by atoms with E-state index in [0.717, 1.165) is 32.4 Å². The van der Waals surface area contributed by atoms with Crippen molar-refractivity contribution >= 4 is 6.03 Å². The first kappa shape index (κ1) is 15.3. The van der Waals surface area contributed by atoms with Crippen molar-refractivity contribution in [1.82, 2.24) is 14.8 Å². The largest absolute Gasteiger partial charge is 0.325 e. The van der Waals surface area contributed by atoms with Crippen LogP contribution in [0.15, 0.2) is 24.5 Å². The normalized spacial score (nSPS) is 20.3. The monoisotopic (exact) mass is 301 g/mol. The summed E-state index contributed by atoms with van der Waals surface area (Å²) in [4.78, 5) is 20.8. The van der Waals surface area contributed by atoms with Gasteiger partial charge >= 0.3 is 6.03 Å². The lowest BCUT2D eigenvalue weighted by Gasteiger charge is -2.36. The van der Waals surface area contributed by atoms with Crippen molar-refractivity contribution in [3.63, 3.8) is 0 Å². The van der Waals surface area contributed by atoms with E-state index in [0.29, 0.717) is 12.0 Å². The molecule has 2 heterocycles. The van der Waals surface area contributed by atoms with E-state index < -0.39 is 0 Å². The molecule has 1 saturated carbocycles. The average Bonchev–Trinajstić information content (AvgIpc) is 3.10. The van der Waals surface area contributed by atoms with Gasteiger partial charge < -0.3 is 9.80 Å². The first-order chi connectivity index (χ1) is 10.7. The first-order valence-corrected chi connectivity index (χ1v) is 8.64. The fourth-order valence-corrected chi connectivity index (χ4v) is 3.85. The molecule has 1 aliphatic heterocycles. The van der Waals surface area contributed by atoms with Crippen molar-refractivity contribution in [3.8, 4) is 0 Å². The minimum atomic E-state index is 0.242. The molecule has 120 valence electrons. The summed E-state index contributed by atoms with van der Waals surface area (Å²) in [7, 11) is 1.99. The maximum atomic E-state index is 12.6. The third-order valence-corrected chi connectivity index (χ3v) is 5.31. The molecule has 2 amide bonds. The van der Waals surface area contributed by atoms with Crippen LogP contribution in [0.3, 0.4) is 0 Å². The van der Waals surface area contributed by atoms with Crippen molar-refractivity contribution in [1.29, 1.82) is 0 Å². The molecule has 0 bridgehead atoms. The number of hydrogen-bond donors (Lipinski definition) is 0. The van der Waals surface area contributed by atoms with Crippen molar-refractivity contribution in [2.45, 2.75) is 51.0 Å². The second-order valence-corrected chi connectivity index (χ2v) is 6.83. The van der Waals surface area contributed by atoms with Crippen molar-refractivity contribution < 1.29 is 4.79 Å². The van der Waals surface area contributed by atoms with Gasteiger partial charge in [0.15, 0.2) is 0 Å². The predicted molar refractivity (Wildman–Crippen MR) is 87.7 cm³/mol. The number of piperidine rings is 1. The van der Waals surface area contributed by atoms with Crippen molar-refractivity contribution in [2.24, 2.45) is 5.92 Å².